The van der Waals surface area contributed by atoms with Crippen molar-refractivity contribution < 1.29 is 0 Å². The Hall–Kier alpha value is 0. The number of rotatable bonds is 5. The first-order chi connectivity index (χ1) is 6.98. The van der Waals surface area contributed by atoms with Crippen molar-refractivity contribution in [3.63, 3.8) is 0 Å². The van der Waals surface area contributed by atoms with E-state index in [0.29, 0.717) is 16.2 Å². The molecule has 1 unspecified atom stereocenters. The molecule has 0 radical (unpaired) electrons. The lowest BCUT2D eigenvalue weighted by atomic mass is 9.51. The van der Waals surface area contributed by atoms with Gasteiger partial charge in [-0.1, -0.05) is 75.2 Å². The van der Waals surface area contributed by atoms with Gasteiger partial charge in [-0.25, -0.2) is 0 Å². The fourth-order valence-electron chi connectivity index (χ4n) is 2.70. The van der Waals surface area contributed by atoms with Gasteiger partial charge in [0.1, 0.15) is 0 Å². The summed E-state index contributed by atoms with van der Waals surface area (Å²) in [6.07, 6.45) is 3.95. The minimum absolute atomic E-state index is 0.376. The quantitative estimate of drug-likeness (QED) is 0.546. The lowest BCUT2D eigenvalue weighted by Gasteiger charge is -2.53. The van der Waals surface area contributed by atoms with Crippen LogP contribution in [0.2, 0.25) is 0 Å². The van der Waals surface area contributed by atoms with Crippen LogP contribution in [0.25, 0.3) is 0 Å². The Morgan fingerprint density at radius 2 is 1.31 bits per heavy atom. The van der Waals surface area contributed by atoms with Gasteiger partial charge in [0.05, 0.1) is 0 Å². The second kappa shape index (κ2) is 5.10. The topological polar surface area (TPSA) is 0 Å². The smallest absolute Gasteiger partial charge is 0.0226 e. The van der Waals surface area contributed by atoms with E-state index in [2.05, 4.69) is 62.3 Å². The van der Waals surface area contributed by atoms with Crippen LogP contribution >= 0.6 is 0 Å². The van der Waals surface area contributed by atoms with Crippen molar-refractivity contribution in [1.29, 1.82) is 0 Å². The predicted molar refractivity (Wildman–Crippen MR) is 75.7 cm³/mol. The summed E-state index contributed by atoms with van der Waals surface area (Å²) < 4.78 is 0. The Labute approximate surface area is 104 Å². The lowest BCUT2D eigenvalue weighted by molar-refractivity contribution is -0.0398. The van der Waals surface area contributed by atoms with E-state index < -0.39 is 0 Å². The summed E-state index contributed by atoms with van der Waals surface area (Å²) in [5.41, 5.74) is 1.21. The van der Waals surface area contributed by atoms with E-state index in [-0.39, 0.29) is 0 Å². The zero-order chi connectivity index (χ0) is 13.2. The molecule has 0 bridgehead atoms. The van der Waals surface area contributed by atoms with Crippen LogP contribution < -0.4 is 0 Å². The maximum Gasteiger partial charge on any atom is -0.0226 e. The van der Waals surface area contributed by atoms with Gasteiger partial charge in [-0.15, -0.1) is 0 Å². The molecular weight excluding hydrogens is 192 g/mol. The van der Waals surface area contributed by atoms with Crippen molar-refractivity contribution in [2.75, 3.05) is 0 Å². The van der Waals surface area contributed by atoms with Crippen molar-refractivity contribution >= 4 is 0 Å². The average Bonchev–Trinajstić information content (AvgIpc) is 2.11. The average molecular weight is 226 g/mol. The van der Waals surface area contributed by atoms with E-state index in [1.807, 2.05) is 0 Å². The summed E-state index contributed by atoms with van der Waals surface area (Å²) in [5.74, 6) is 0.814. The van der Waals surface area contributed by atoms with Crippen molar-refractivity contribution in [2.24, 2.45) is 22.2 Å². The third kappa shape index (κ3) is 3.25. The first kappa shape index (κ1) is 16.0. The molecule has 0 saturated carbocycles. The Morgan fingerprint density at radius 3 is 1.56 bits per heavy atom. The molecule has 0 nitrogen and oxygen atoms in total. The standard InChI is InChI=1S/C16H34/c1-10-15(7,8)16(9,14(4,5)6)12-11-13(2)3/h13H,10-12H2,1-9H3. The van der Waals surface area contributed by atoms with Crippen LogP contribution in [-0.4, -0.2) is 0 Å². The largest absolute Gasteiger partial charge is 0.0649 e. The van der Waals surface area contributed by atoms with Crippen LogP contribution in [-0.2, 0) is 0 Å². The summed E-state index contributed by atoms with van der Waals surface area (Å²) in [6.45, 7) is 21.6. The fourth-order valence-corrected chi connectivity index (χ4v) is 2.70. The molecule has 0 heteroatoms. The highest BCUT2D eigenvalue weighted by Crippen LogP contribution is 2.56. The molecule has 0 N–H and O–H groups in total. The monoisotopic (exact) mass is 226 g/mol. The van der Waals surface area contributed by atoms with Gasteiger partial charge in [-0.2, -0.15) is 0 Å². The van der Waals surface area contributed by atoms with Gasteiger partial charge in [0.25, 0.3) is 0 Å². The first-order valence-corrected chi connectivity index (χ1v) is 6.98. The molecule has 0 rings (SSSR count). The van der Waals surface area contributed by atoms with Gasteiger partial charge in [-0.05, 0) is 28.6 Å². The molecule has 0 aliphatic carbocycles. The number of hydrogen-bond acceptors (Lipinski definition) is 0. The third-order valence-electron chi connectivity index (χ3n) is 5.25. The van der Waals surface area contributed by atoms with E-state index in [1.165, 1.54) is 19.3 Å². The highest BCUT2D eigenvalue weighted by Gasteiger charge is 2.47. The molecule has 0 aromatic carbocycles. The minimum Gasteiger partial charge on any atom is -0.0649 e. The van der Waals surface area contributed by atoms with E-state index in [1.54, 1.807) is 0 Å². The van der Waals surface area contributed by atoms with E-state index >= 15 is 0 Å². The van der Waals surface area contributed by atoms with Gasteiger partial charge in [-0.3, -0.25) is 0 Å². The SMILES string of the molecule is CCC(C)(C)C(C)(CCC(C)C)C(C)(C)C. The highest BCUT2D eigenvalue weighted by atomic mass is 14.5. The third-order valence-corrected chi connectivity index (χ3v) is 5.25. The van der Waals surface area contributed by atoms with Gasteiger partial charge >= 0.3 is 0 Å². The molecule has 16 heavy (non-hydrogen) atoms. The van der Waals surface area contributed by atoms with Crippen LogP contribution in [0.5, 0.6) is 0 Å². The molecule has 0 spiro atoms. The fraction of sp³-hybridized carbons (Fsp3) is 1.00. The van der Waals surface area contributed by atoms with Crippen molar-refractivity contribution in [3.8, 4) is 0 Å². The minimum atomic E-state index is 0.376. The Bertz CT molecular complexity index is 205. The molecule has 0 saturated heterocycles. The summed E-state index contributed by atoms with van der Waals surface area (Å²) in [6, 6.07) is 0. The van der Waals surface area contributed by atoms with Crippen molar-refractivity contribution in [3.05, 3.63) is 0 Å². The number of hydrogen-bond donors (Lipinski definition) is 0. The Morgan fingerprint density at radius 1 is 0.875 bits per heavy atom. The normalized spacial score (nSPS) is 17.6. The molecule has 0 aliphatic rings. The van der Waals surface area contributed by atoms with Gasteiger partial charge in [0, 0.05) is 0 Å². The van der Waals surface area contributed by atoms with E-state index in [4.69, 9.17) is 0 Å². The highest BCUT2D eigenvalue weighted by molar-refractivity contribution is 4.96. The molecule has 0 amide bonds. The lowest BCUT2D eigenvalue weighted by Crippen LogP contribution is -2.45. The molecule has 0 aromatic rings. The van der Waals surface area contributed by atoms with E-state index in [9.17, 15) is 0 Å². The molecule has 0 aliphatic heterocycles. The molecular formula is C16H34. The first-order valence-electron chi connectivity index (χ1n) is 6.98. The second-order valence-electron chi connectivity index (χ2n) is 7.75. The molecule has 98 valence electrons. The van der Waals surface area contributed by atoms with Gasteiger partial charge in [0.15, 0.2) is 0 Å². The van der Waals surface area contributed by atoms with Crippen LogP contribution in [0, 0.1) is 22.2 Å². The van der Waals surface area contributed by atoms with Crippen LogP contribution in [0.4, 0.5) is 0 Å². The molecule has 0 aromatic heterocycles. The van der Waals surface area contributed by atoms with Gasteiger partial charge < -0.3 is 0 Å². The van der Waals surface area contributed by atoms with Gasteiger partial charge in [0.2, 0.25) is 0 Å². The van der Waals surface area contributed by atoms with Crippen molar-refractivity contribution in [1.82, 2.24) is 0 Å². The molecule has 0 heterocycles. The summed E-state index contributed by atoms with van der Waals surface area (Å²) >= 11 is 0. The molecule has 1 atom stereocenters. The zero-order valence-electron chi connectivity index (χ0n) is 13.2. The summed E-state index contributed by atoms with van der Waals surface area (Å²) in [5, 5.41) is 0. The van der Waals surface area contributed by atoms with Crippen LogP contribution in [0.15, 0.2) is 0 Å². The molecule has 0 fully saturated rings. The Balaban J connectivity index is 5.06. The maximum absolute atomic E-state index is 2.50. The Kier molecular flexibility index (Phi) is 5.10. The maximum atomic E-state index is 2.50. The summed E-state index contributed by atoms with van der Waals surface area (Å²) in [7, 11) is 0. The van der Waals surface area contributed by atoms with E-state index in [0.717, 1.165) is 5.92 Å². The second-order valence-corrected chi connectivity index (χ2v) is 7.75. The van der Waals surface area contributed by atoms with Crippen molar-refractivity contribution in [2.45, 2.75) is 81.6 Å². The van der Waals surface area contributed by atoms with Crippen LogP contribution in [0.3, 0.4) is 0 Å². The zero-order valence-corrected chi connectivity index (χ0v) is 13.2. The van der Waals surface area contributed by atoms with Crippen LogP contribution in [0.1, 0.15) is 81.6 Å². The summed E-state index contributed by atoms with van der Waals surface area (Å²) in [4.78, 5) is 0. The predicted octanol–water partition coefficient (Wildman–Crippen LogP) is 5.91.